The summed E-state index contributed by atoms with van der Waals surface area (Å²) < 4.78 is 13.7. The minimum atomic E-state index is 0.0995. The molecule has 0 fully saturated rings. The van der Waals surface area contributed by atoms with Crippen molar-refractivity contribution in [2.24, 2.45) is 0 Å². The number of Topliss-reactive ketones (excluding diaryl/α,β-unsaturated/α-hetero) is 1. The molecule has 2 heterocycles. The maximum Gasteiger partial charge on any atom is 0.210 e. The molecule has 1 N–H and O–H groups in total. The minimum Gasteiger partial charge on any atom is -0.492 e. The fraction of sp³-hybridized carbons (Fsp3) is 0.409. The van der Waals surface area contributed by atoms with Gasteiger partial charge in [-0.3, -0.25) is 4.79 Å². The van der Waals surface area contributed by atoms with Crippen molar-refractivity contribution in [2.75, 3.05) is 31.4 Å². The van der Waals surface area contributed by atoms with Crippen molar-refractivity contribution >= 4 is 39.7 Å². The van der Waals surface area contributed by atoms with Crippen LogP contribution in [-0.4, -0.2) is 46.6 Å². The normalized spacial score (nSPS) is 11.0. The van der Waals surface area contributed by atoms with Crippen LogP contribution in [0.3, 0.4) is 0 Å². The van der Waals surface area contributed by atoms with Gasteiger partial charge in [-0.2, -0.15) is 0 Å². The van der Waals surface area contributed by atoms with Gasteiger partial charge >= 0.3 is 0 Å². The van der Waals surface area contributed by atoms with E-state index in [9.17, 15) is 4.79 Å². The van der Waals surface area contributed by atoms with Crippen LogP contribution in [0.25, 0.3) is 0 Å². The van der Waals surface area contributed by atoms with Gasteiger partial charge in [0.25, 0.3) is 0 Å². The number of para-hydroxylation sites is 2. The molecule has 0 unspecified atom stereocenters. The molecule has 0 aliphatic carbocycles. The number of benzene rings is 1. The van der Waals surface area contributed by atoms with Crippen molar-refractivity contribution in [3.8, 4) is 5.75 Å². The summed E-state index contributed by atoms with van der Waals surface area (Å²) in [6.45, 7) is 8.13. The average molecular weight is 461 g/mol. The lowest BCUT2D eigenvalue weighted by Crippen LogP contribution is -2.08. The van der Waals surface area contributed by atoms with E-state index in [1.807, 2.05) is 51.1 Å². The molecule has 166 valence electrons. The van der Waals surface area contributed by atoms with E-state index in [0.717, 1.165) is 45.7 Å². The molecule has 3 rings (SSSR count). The van der Waals surface area contributed by atoms with Crippen LogP contribution >= 0.6 is 23.1 Å². The highest BCUT2D eigenvalue weighted by molar-refractivity contribution is 8.01. The highest BCUT2D eigenvalue weighted by atomic mass is 32.2. The highest BCUT2D eigenvalue weighted by Crippen LogP contribution is 2.32. The van der Waals surface area contributed by atoms with Gasteiger partial charge in [-0.05, 0) is 45.4 Å². The maximum absolute atomic E-state index is 12.8. The Morgan fingerprint density at radius 2 is 2.06 bits per heavy atom. The van der Waals surface area contributed by atoms with Gasteiger partial charge in [0, 0.05) is 37.2 Å². The second kappa shape index (κ2) is 11.3. The Kier molecular flexibility index (Phi) is 8.51. The molecule has 0 atom stereocenters. The number of hydrogen-bond donors (Lipinski definition) is 1. The zero-order valence-corrected chi connectivity index (χ0v) is 19.9. The van der Waals surface area contributed by atoms with Crippen LogP contribution < -0.4 is 10.1 Å². The molecule has 0 spiro atoms. The lowest BCUT2D eigenvalue weighted by Gasteiger charge is -2.09. The Labute approximate surface area is 191 Å². The number of nitrogens with one attached hydrogen (secondary N) is 1. The number of aryl methyl sites for hydroxylation is 1. The summed E-state index contributed by atoms with van der Waals surface area (Å²) in [5, 5.41) is 12.3. The van der Waals surface area contributed by atoms with Gasteiger partial charge < -0.3 is 19.4 Å². The van der Waals surface area contributed by atoms with Crippen molar-refractivity contribution in [3.63, 3.8) is 0 Å². The second-order valence-electron chi connectivity index (χ2n) is 6.92. The number of hydrogen-bond acceptors (Lipinski definition) is 8. The summed E-state index contributed by atoms with van der Waals surface area (Å²) in [4.78, 5) is 12.8. The fourth-order valence-corrected chi connectivity index (χ4v) is 4.93. The lowest BCUT2D eigenvalue weighted by molar-refractivity contribution is 0.102. The van der Waals surface area contributed by atoms with E-state index < -0.39 is 0 Å². The molecule has 0 saturated heterocycles. The Balaban J connectivity index is 1.60. The van der Waals surface area contributed by atoms with Crippen molar-refractivity contribution in [1.82, 2.24) is 14.8 Å². The number of nitrogens with zero attached hydrogens (tertiary/aromatic N) is 3. The monoisotopic (exact) mass is 460 g/mol. The van der Waals surface area contributed by atoms with Gasteiger partial charge in [0.15, 0.2) is 10.1 Å². The smallest absolute Gasteiger partial charge is 0.210 e. The van der Waals surface area contributed by atoms with E-state index in [1.165, 1.54) is 23.1 Å². The van der Waals surface area contributed by atoms with E-state index in [4.69, 9.17) is 9.47 Å². The number of thioether (sulfide) groups is 1. The molecule has 3 aromatic rings. The third kappa shape index (κ3) is 6.09. The number of carbonyl (C=O) groups is 1. The predicted molar refractivity (Wildman–Crippen MR) is 126 cm³/mol. The Hall–Kier alpha value is -2.36. The van der Waals surface area contributed by atoms with Crippen LogP contribution in [0.15, 0.2) is 34.7 Å². The minimum absolute atomic E-state index is 0.0995. The predicted octanol–water partition coefficient (Wildman–Crippen LogP) is 5.11. The van der Waals surface area contributed by atoms with Gasteiger partial charge in [0.05, 0.1) is 18.0 Å². The number of ether oxygens (including phenoxy) is 2. The SMILES string of the molecule is CCOc1ccccc1Nc1nnc(SCC(=O)c2cc(C)n(CCCOC)c2C)s1. The van der Waals surface area contributed by atoms with E-state index >= 15 is 0 Å². The molecule has 31 heavy (non-hydrogen) atoms. The summed E-state index contributed by atoms with van der Waals surface area (Å²) in [6.07, 6.45) is 0.919. The van der Waals surface area contributed by atoms with Gasteiger partial charge in [-0.15, -0.1) is 10.2 Å². The molecule has 0 saturated carbocycles. The standard InChI is InChI=1S/C22H28N4O3S2/c1-5-29-20-10-7-6-9-18(20)23-21-24-25-22(31-21)30-14-19(27)17-13-15(2)26(16(17)3)11-8-12-28-4/h6-7,9-10,13H,5,8,11-12,14H2,1-4H3,(H,23,24). The zero-order valence-electron chi connectivity index (χ0n) is 18.3. The highest BCUT2D eigenvalue weighted by Gasteiger charge is 2.17. The Morgan fingerprint density at radius 3 is 2.84 bits per heavy atom. The van der Waals surface area contributed by atoms with Gasteiger partial charge in [0.2, 0.25) is 5.13 Å². The molecule has 2 aromatic heterocycles. The summed E-state index contributed by atoms with van der Waals surface area (Å²) in [5.74, 6) is 1.19. The molecule has 0 aliphatic heterocycles. The van der Waals surface area contributed by atoms with Crippen molar-refractivity contribution in [2.45, 2.75) is 38.1 Å². The number of aromatic nitrogens is 3. The van der Waals surface area contributed by atoms with Gasteiger partial charge in [-0.1, -0.05) is 35.2 Å². The third-order valence-corrected chi connectivity index (χ3v) is 6.74. The second-order valence-corrected chi connectivity index (χ2v) is 9.12. The van der Waals surface area contributed by atoms with Crippen molar-refractivity contribution in [1.29, 1.82) is 0 Å². The molecule has 0 aliphatic rings. The fourth-order valence-electron chi connectivity index (χ4n) is 3.28. The maximum atomic E-state index is 12.8. The van der Waals surface area contributed by atoms with E-state index in [0.29, 0.717) is 24.1 Å². The number of ketones is 1. The van der Waals surface area contributed by atoms with Crippen LogP contribution in [0.5, 0.6) is 5.75 Å². The summed E-state index contributed by atoms with van der Waals surface area (Å²) >= 11 is 2.83. The van der Waals surface area contributed by atoms with Gasteiger partial charge in [-0.25, -0.2) is 0 Å². The number of methoxy groups -OCH3 is 1. The van der Waals surface area contributed by atoms with Crippen molar-refractivity contribution in [3.05, 3.63) is 47.3 Å². The van der Waals surface area contributed by atoms with Crippen LogP contribution in [-0.2, 0) is 11.3 Å². The van der Waals surface area contributed by atoms with Crippen LogP contribution in [0, 0.1) is 13.8 Å². The first-order valence-electron chi connectivity index (χ1n) is 10.2. The number of rotatable bonds is 12. The zero-order chi connectivity index (χ0) is 22.2. The summed E-state index contributed by atoms with van der Waals surface area (Å²) in [5.41, 5.74) is 3.72. The first-order valence-corrected chi connectivity index (χ1v) is 12.0. The lowest BCUT2D eigenvalue weighted by atomic mass is 10.2. The summed E-state index contributed by atoms with van der Waals surface area (Å²) in [7, 11) is 1.70. The molecule has 0 amide bonds. The van der Waals surface area contributed by atoms with Crippen LogP contribution in [0.1, 0.15) is 35.1 Å². The topological polar surface area (TPSA) is 78.3 Å². The Bertz CT molecular complexity index is 1020. The molecule has 0 radical (unpaired) electrons. The molecule has 7 nitrogen and oxygen atoms in total. The first-order chi connectivity index (χ1) is 15.0. The molecule has 0 bridgehead atoms. The van der Waals surface area contributed by atoms with Crippen LogP contribution in [0.2, 0.25) is 0 Å². The van der Waals surface area contributed by atoms with Gasteiger partial charge in [0.1, 0.15) is 5.75 Å². The van der Waals surface area contributed by atoms with E-state index in [-0.39, 0.29) is 5.78 Å². The quantitative estimate of drug-likeness (QED) is 0.229. The van der Waals surface area contributed by atoms with E-state index in [2.05, 4.69) is 20.1 Å². The molecule has 9 heteroatoms. The largest absolute Gasteiger partial charge is 0.492 e. The first kappa shape index (κ1) is 23.3. The Morgan fingerprint density at radius 1 is 1.26 bits per heavy atom. The number of carbonyl (C=O) groups excluding carboxylic acids is 1. The average Bonchev–Trinajstić information content (AvgIpc) is 3.32. The van der Waals surface area contributed by atoms with Crippen LogP contribution in [0.4, 0.5) is 10.8 Å². The third-order valence-electron chi connectivity index (χ3n) is 4.77. The molecular weight excluding hydrogens is 432 g/mol. The summed E-state index contributed by atoms with van der Waals surface area (Å²) in [6, 6.07) is 9.69. The molecular formula is C22H28N4O3S2. The molecule has 1 aromatic carbocycles. The number of anilines is 2. The van der Waals surface area contributed by atoms with Crippen molar-refractivity contribution < 1.29 is 14.3 Å². The van der Waals surface area contributed by atoms with E-state index in [1.54, 1.807) is 7.11 Å².